The maximum Gasteiger partial charge on any atom is 0.0255 e. The molecule has 0 saturated carbocycles. The molecule has 0 radical (unpaired) electrons. The molecule has 0 N–H and O–H groups in total. The number of nitrogens with zero attached hydrogens (tertiary/aromatic N) is 1. The molecule has 1 aromatic carbocycles. The van der Waals surface area contributed by atoms with Gasteiger partial charge in [-0.1, -0.05) is 24.1 Å². The molecule has 0 saturated heterocycles. The van der Waals surface area contributed by atoms with Crippen LogP contribution in [0.2, 0.25) is 0 Å². The summed E-state index contributed by atoms with van der Waals surface area (Å²) in [7, 11) is 0. The first-order chi connectivity index (χ1) is 7.36. The molecule has 0 heterocycles. The van der Waals surface area contributed by atoms with Gasteiger partial charge in [0, 0.05) is 30.6 Å². The van der Waals surface area contributed by atoms with E-state index in [4.69, 9.17) is 0 Å². The van der Waals surface area contributed by atoms with Crippen LogP contribution in [-0.4, -0.2) is 18.0 Å². The van der Waals surface area contributed by atoms with Crippen LogP contribution in [0.5, 0.6) is 0 Å². The van der Waals surface area contributed by atoms with Crippen molar-refractivity contribution >= 4 is 0 Å². The van der Waals surface area contributed by atoms with E-state index in [2.05, 4.69) is 37.7 Å². The highest BCUT2D eigenvalue weighted by Crippen LogP contribution is 1.94. The van der Waals surface area contributed by atoms with E-state index in [1.807, 2.05) is 35.2 Å². The Morgan fingerprint density at radius 1 is 1.00 bits per heavy atom. The Kier molecular flexibility index (Phi) is 4.91. The summed E-state index contributed by atoms with van der Waals surface area (Å²) in [6.07, 6.45) is 0. The van der Waals surface area contributed by atoms with E-state index >= 15 is 0 Å². The number of benzene rings is 1. The molecule has 0 aliphatic carbocycles. The minimum atomic E-state index is 0.941. The molecular formula is C14H15N. The average Bonchev–Trinajstić information content (AvgIpc) is 2.31. The number of hydrogen-bond acceptors (Lipinski definition) is 1. The lowest BCUT2D eigenvalue weighted by Gasteiger charge is -2.09. The second-order valence-corrected chi connectivity index (χ2v) is 3.03. The quantitative estimate of drug-likeness (QED) is 0.519. The van der Waals surface area contributed by atoms with Gasteiger partial charge in [-0.15, -0.1) is 0 Å². The highest BCUT2D eigenvalue weighted by Gasteiger charge is 1.86. The molecule has 0 unspecified atom stereocenters. The number of rotatable bonds is 2. The Morgan fingerprint density at radius 3 is 2.27 bits per heavy atom. The molecule has 0 spiro atoms. The van der Waals surface area contributed by atoms with Crippen molar-refractivity contribution < 1.29 is 0 Å². The van der Waals surface area contributed by atoms with Crippen molar-refractivity contribution in [1.29, 1.82) is 0 Å². The largest absolute Gasteiger partial charge is 0.332 e. The molecule has 0 amide bonds. The molecule has 0 atom stereocenters. The van der Waals surface area contributed by atoms with E-state index in [0.29, 0.717) is 0 Å². The Morgan fingerprint density at radius 2 is 1.67 bits per heavy atom. The maximum absolute atomic E-state index is 3.00. The summed E-state index contributed by atoms with van der Waals surface area (Å²) in [6, 6.07) is 12.9. The fourth-order valence-electron chi connectivity index (χ4n) is 1.11. The zero-order valence-electron chi connectivity index (χ0n) is 9.25. The average molecular weight is 197 g/mol. The summed E-state index contributed by atoms with van der Waals surface area (Å²) in [5.41, 5.74) is 1.01. The van der Waals surface area contributed by atoms with Crippen LogP contribution in [0.15, 0.2) is 30.3 Å². The molecule has 1 heteroatoms. The van der Waals surface area contributed by atoms with Gasteiger partial charge in [0.15, 0.2) is 0 Å². The SMILES string of the molecule is CCN(C#CC#Cc1ccccc1)CC. The van der Waals surface area contributed by atoms with Crippen molar-refractivity contribution in [3.63, 3.8) is 0 Å². The van der Waals surface area contributed by atoms with Crippen molar-refractivity contribution in [3.05, 3.63) is 35.9 Å². The molecule has 1 aromatic rings. The molecule has 0 aromatic heterocycles. The standard InChI is InChI=1S/C14H15N/c1-3-15(4-2)13-9-8-12-14-10-6-5-7-11-14/h5-7,10-11H,3-4H2,1-2H3. The third-order valence-electron chi connectivity index (χ3n) is 2.02. The number of hydrogen-bond donors (Lipinski definition) is 0. The zero-order chi connectivity index (χ0) is 10.9. The van der Waals surface area contributed by atoms with Crippen molar-refractivity contribution in [1.82, 2.24) is 4.90 Å². The third-order valence-corrected chi connectivity index (χ3v) is 2.02. The smallest absolute Gasteiger partial charge is 0.0255 e. The van der Waals surface area contributed by atoms with Crippen molar-refractivity contribution in [2.75, 3.05) is 13.1 Å². The molecule has 0 aliphatic rings. The Labute approximate surface area is 92.1 Å². The van der Waals surface area contributed by atoms with Crippen molar-refractivity contribution in [3.8, 4) is 23.8 Å². The fourth-order valence-corrected chi connectivity index (χ4v) is 1.11. The molecule has 15 heavy (non-hydrogen) atoms. The van der Waals surface area contributed by atoms with Gasteiger partial charge in [-0.25, -0.2) is 0 Å². The Hall–Kier alpha value is -1.86. The van der Waals surface area contributed by atoms with E-state index < -0.39 is 0 Å². The van der Waals surface area contributed by atoms with Crippen LogP contribution in [0.4, 0.5) is 0 Å². The Balaban J connectivity index is 2.60. The molecule has 0 bridgehead atoms. The lowest BCUT2D eigenvalue weighted by atomic mass is 10.2. The molecule has 76 valence electrons. The normalized spacial score (nSPS) is 8.13. The van der Waals surface area contributed by atoms with Crippen LogP contribution in [0, 0.1) is 23.8 Å². The topological polar surface area (TPSA) is 3.24 Å². The van der Waals surface area contributed by atoms with Gasteiger partial charge in [-0.2, -0.15) is 0 Å². The van der Waals surface area contributed by atoms with Crippen LogP contribution >= 0.6 is 0 Å². The highest BCUT2D eigenvalue weighted by molar-refractivity contribution is 5.39. The van der Waals surface area contributed by atoms with Gasteiger partial charge in [0.2, 0.25) is 0 Å². The summed E-state index contributed by atoms with van der Waals surface area (Å²) < 4.78 is 0. The van der Waals surface area contributed by atoms with Crippen molar-refractivity contribution in [2.45, 2.75) is 13.8 Å². The minimum Gasteiger partial charge on any atom is -0.332 e. The first-order valence-corrected chi connectivity index (χ1v) is 5.18. The predicted octanol–water partition coefficient (Wildman–Crippen LogP) is 2.34. The molecular weight excluding hydrogens is 182 g/mol. The van der Waals surface area contributed by atoms with Crippen LogP contribution in [-0.2, 0) is 0 Å². The Bertz CT molecular complexity index is 394. The van der Waals surface area contributed by atoms with Gasteiger partial charge in [0.1, 0.15) is 0 Å². The van der Waals surface area contributed by atoms with E-state index in [0.717, 1.165) is 18.7 Å². The van der Waals surface area contributed by atoms with Gasteiger partial charge in [-0.05, 0) is 31.9 Å². The summed E-state index contributed by atoms with van der Waals surface area (Å²) >= 11 is 0. The van der Waals surface area contributed by atoms with Crippen LogP contribution < -0.4 is 0 Å². The second-order valence-electron chi connectivity index (χ2n) is 3.03. The monoisotopic (exact) mass is 197 g/mol. The van der Waals surface area contributed by atoms with Crippen molar-refractivity contribution in [2.24, 2.45) is 0 Å². The van der Waals surface area contributed by atoms with Gasteiger partial charge in [0.05, 0.1) is 0 Å². The van der Waals surface area contributed by atoms with E-state index in [-0.39, 0.29) is 0 Å². The first-order valence-electron chi connectivity index (χ1n) is 5.18. The summed E-state index contributed by atoms with van der Waals surface area (Å²) in [4.78, 5) is 2.03. The predicted molar refractivity (Wildman–Crippen MR) is 64.0 cm³/mol. The summed E-state index contributed by atoms with van der Waals surface area (Å²) in [6.45, 7) is 6.05. The molecule has 0 fully saturated rings. The minimum absolute atomic E-state index is 0.941. The fraction of sp³-hybridized carbons (Fsp3) is 0.286. The first kappa shape index (κ1) is 11.2. The van der Waals surface area contributed by atoms with Crippen LogP contribution in [0.1, 0.15) is 19.4 Å². The zero-order valence-corrected chi connectivity index (χ0v) is 9.25. The third kappa shape index (κ3) is 4.25. The second kappa shape index (κ2) is 6.57. The van der Waals surface area contributed by atoms with E-state index in [9.17, 15) is 0 Å². The van der Waals surface area contributed by atoms with Crippen LogP contribution in [0.3, 0.4) is 0 Å². The summed E-state index contributed by atoms with van der Waals surface area (Å²) in [5, 5.41) is 0. The lowest BCUT2D eigenvalue weighted by Crippen LogP contribution is -2.15. The van der Waals surface area contributed by atoms with Gasteiger partial charge in [-0.3, -0.25) is 0 Å². The van der Waals surface area contributed by atoms with E-state index in [1.54, 1.807) is 0 Å². The molecule has 0 aliphatic heterocycles. The molecule has 1 nitrogen and oxygen atoms in total. The summed E-state index contributed by atoms with van der Waals surface area (Å²) in [5.74, 6) is 8.70. The highest BCUT2D eigenvalue weighted by atomic mass is 15.1. The molecule has 1 rings (SSSR count). The van der Waals surface area contributed by atoms with Gasteiger partial charge in [0.25, 0.3) is 0 Å². The van der Waals surface area contributed by atoms with Gasteiger partial charge >= 0.3 is 0 Å². The van der Waals surface area contributed by atoms with Crippen LogP contribution in [0.25, 0.3) is 0 Å². The van der Waals surface area contributed by atoms with E-state index in [1.165, 1.54) is 0 Å². The van der Waals surface area contributed by atoms with Gasteiger partial charge < -0.3 is 4.90 Å². The lowest BCUT2D eigenvalue weighted by molar-refractivity contribution is 0.444. The maximum atomic E-state index is 3.00.